The highest BCUT2D eigenvalue weighted by atomic mass is 32.2. The first kappa shape index (κ1) is 15.8. The van der Waals surface area contributed by atoms with Crippen LogP contribution in [0.25, 0.3) is 16.9 Å². The average Bonchev–Trinajstić information content (AvgIpc) is 3.04. The molecule has 0 fully saturated rings. The molecule has 0 amide bonds. The number of thioether (sulfide) groups is 1. The van der Waals surface area contributed by atoms with Crippen LogP contribution in [0, 0.1) is 0 Å². The van der Waals surface area contributed by atoms with E-state index >= 15 is 0 Å². The Labute approximate surface area is 141 Å². The molecular weight excluding hydrogens is 304 g/mol. The molecule has 0 unspecified atom stereocenters. The van der Waals surface area contributed by atoms with Gasteiger partial charge in [0.1, 0.15) is 0 Å². The molecule has 0 aliphatic rings. The zero-order valence-corrected chi connectivity index (χ0v) is 14.0. The van der Waals surface area contributed by atoms with Gasteiger partial charge in [-0.1, -0.05) is 48.5 Å². The van der Waals surface area contributed by atoms with Crippen molar-refractivity contribution < 1.29 is 4.74 Å². The highest BCUT2D eigenvalue weighted by Gasteiger charge is 2.12. The van der Waals surface area contributed by atoms with Crippen LogP contribution in [0.2, 0.25) is 0 Å². The van der Waals surface area contributed by atoms with Crippen LogP contribution in [0.5, 0.6) is 0 Å². The number of rotatable bonds is 7. The summed E-state index contributed by atoms with van der Waals surface area (Å²) in [6, 6.07) is 20.6. The van der Waals surface area contributed by atoms with E-state index in [1.54, 1.807) is 7.11 Å². The third-order valence-corrected chi connectivity index (χ3v) is 4.52. The Balaban J connectivity index is 1.90. The molecule has 4 heteroatoms. The van der Waals surface area contributed by atoms with Crippen LogP contribution in [0.15, 0.2) is 66.9 Å². The Kier molecular flexibility index (Phi) is 5.51. The van der Waals surface area contributed by atoms with E-state index in [1.807, 2.05) is 40.7 Å². The minimum Gasteiger partial charge on any atom is -0.384 e. The van der Waals surface area contributed by atoms with Crippen LogP contribution in [0.4, 0.5) is 0 Å². The van der Waals surface area contributed by atoms with Crippen LogP contribution in [-0.4, -0.2) is 29.3 Å². The summed E-state index contributed by atoms with van der Waals surface area (Å²) in [6.07, 6.45) is 2.14. The second-order valence-corrected chi connectivity index (χ2v) is 6.30. The first-order valence-corrected chi connectivity index (χ1v) is 8.80. The van der Waals surface area contributed by atoms with Gasteiger partial charge in [-0.15, -0.1) is 0 Å². The van der Waals surface area contributed by atoms with Gasteiger partial charge in [-0.25, -0.2) is 4.68 Å². The van der Waals surface area contributed by atoms with E-state index < -0.39 is 0 Å². The van der Waals surface area contributed by atoms with Gasteiger partial charge in [0.05, 0.1) is 18.0 Å². The minimum atomic E-state index is 0.776. The molecule has 2 aromatic carbocycles. The molecule has 0 atom stereocenters. The number of hydrogen-bond donors (Lipinski definition) is 0. The molecule has 3 aromatic rings. The van der Waals surface area contributed by atoms with Crippen molar-refractivity contribution in [2.24, 2.45) is 0 Å². The number of aromatic nitrogens is 2. The molecule has 3 rings (SSSR count). The molecule has 0 saturated heterocycles. The summed E-state index contributed by atoms with van der Waals surface area (Å²) >= 11 is 1.87. The van der Waals surface area contributed by atoms with Crippen molar-refractivity contribution in [2.75, 3.05) is 19.5 Å². The van der Waals surface area contributed by atoms with Crippen LogP contribution >= 0.6 is 11.8 Å². The van der Waals surface area contributed by atoms with Crippen LogP contribution < -0.4 is 0 Å². The molecule has 0 aliphatic carbocycles. The maximum absolute atomic E-state index is 5.13. The largest absolute Gasteiger partial charge is 0.384 e. The Morgan fingerprint density at radius 3 is 2.39 bits per heavy atom. The normalized spacial score (nSPS) is 10.8. The zero-order chi connectivity index (χ0) is 15.9. The highest BCUT2D eigenvalue weighted by Crippen LogP contribution is 2.26. The van der Waals surface area contributed by atoms with Crippen LogP contribution in [0.3, 0.4) is 0 Å². The lowest BCUT2D eigenvalue weighted by Crippen LogP contribution is -1.93. The molecule has 3 nitrogen and oxygen atoms in total. The molecule has 0 N–H and O–H groups in total. The minimum absolute atomic E-state index is 0.776. The van der Waals surface area contributed by atoms with Gasteiger partial charge in [0.2, 0.25) is 0 Å². The summed E-state index contributed by atoms with van der Waals surface area (Å²) in [7, 11) is 1.74. The fraction of sp³-hybridized carbons (Fsp3) is 0.211. The maximum atomic E-state index is 5.13. The summed E-state index contributed by atoms with van der Waals surface area (Å²) in [5.74, 6) is 1.92. The molecule has 1 heterocycles. The van der Waals surface area contributed by atoms with E-state index in [2.05, 4.69) is 42.6 Å². The second-order valence-electron chi connectivity index (χ2n) is 5.19. The Morgan fingerprint density at radius 1 is 1.00 bits per heavy atom. The second kappa shape index (κ2) is 7.99. The van der Waals surface area contributed by atoms with Gasteiger partial charge in [0, 0.05) is 35.9 Å². The van der Waals surface area contributed by atoms with Gasteiger partial charge >= 0.3 is 0 Å². The van der Waals surface area contributed by atoms with E-state index in [4.69, 9.17) is 9.84 Å². The predicted molar refractivity (Wildman–Crippen MR) is 97.0 cm³/mol. The van der Waals surface area contributed by atoms with Crippen molar-refractivity contribution in [3.8, 4) is 16.9 Å². The first-order chi connectivity index (χ1) is 11.4. The number of methoxy groups -OCH3 is 1. The number of nitrogens with zero attached hydrogens (tertiary/aromatic N) is 2. The van der Waals surface area contributed by atoms with Crippen molar-refractivity contribution in [3.05, 3.63) is 72.4 Å². The lowest BCUT2D eigenvalue weighted by Gasteiger charge is -2.02. The van der Waals surface area contributed by atoms with Crippen molar-refractivity contribution in [1.29, 1.82) is 0 Å². The van der Waals surface area contributed by atoms with Crippen molar-refractivity contribution in [2.45, 2.75) is 5.75 Å². The highest BCUT2D eigenvalue weighted by molar-refractivity contribution is 7.98. The lowest BCUT2D eigenvalue weighted by atomic mass is 10.1. The summed E-state index contributed by atoms with van der Waals surface area (Å²) in [6.45, 7) is 0.776. The van der Waals surface area contributed by atoms with Gasteiger partial charge in [0.15, 0.2) is 0 Å². The van der Waals surface area contributed by atoms with Crippen LogP contribution in [0.1, 0.15) is 5.56 Å². The summed E-state index contributed by atoms with van der Waals surface area (Å²) in [4.78, 5) is 0. The SMILES string of the molecule is COCCSCc1cn(-c2ccccc2)nc1-c1ccccc1. The zero-order valence-electron chi connectivity index (χ0n) is 13.2. The van der Waals surface area contributed by atoms with E-state index in [0.29, 0.717) is 0 Å². The molecule has 0 spiro atoms. The van der Waals surface area contributed by atoms with Gasteiger partial charge < -0.3 is 4.74 Å². The number of para-hydroxylation sites is 1. The molecule has 23 heavy (non-hydrogen) atoms. The fourth-order valence-corrected chi connectivity index (χ4v) is 3.25. The number of benzene rings is 2. The third-order valence-electron chi connectivity index (χ3n) is 3.55. The quantitative estimate of drug-likeness (QED) is 0.602. The maximum Gasteiger partial charge on any atom is 0.0967 e. The molecule has 0 aliphatic heterocycles. The summed E-state index contributed by atoms with van der Waals surface area (Å²) < 4.78 is 7.09. The Bertz CT molecular complexity index is 726. The topological polar surface area (TPSA) is 27.1 Å². The van der Waals surface area contributed by atoms with Gasteiger partial charge in [-0.2, -0.15) is 16.9 Å². The van der Waals surface area contributed by atoms with Gasteiger partial charge in [-0.05, 0) is 12.1 Å². The predicted octanol–water partition coefficient (Wildman–Crippen LogP) is 4.42. The molecule has 1 aromatic heterocycles. The van der Waals surface area contributed by atoms with Crippen molar-refractivity contribution in [1.82, 2.24) is 9.78 Å². The van der Waals surface area contributed by atoms with Crippen molar-refractivity contribution in [3.63, 3.8) is 0 Å². The molecular formula is C19H20N2OS. The Hall–Kier alpha value is -2.04. The fourth-order valence-electron chi connectivity index (χ4n) is 2.39. The standard InChI is InChI=1S/C19H20N2OS/c1-22-12-13-23-15-17-14-21(18-10-6-3-7-11-18)20-19(17)16-8-4-2-5-9-16/h2-11,14H,12-13,15H2,1H3. The Morgan fingerprint density at radius 2 is 1.70 bits per heavy atom. The summed E-state index contributed by atoms with van der Waals surface area (Å²) in [5.41, 5.74) is 4.54. The van der Waals surface area contributed by atoms with E-state index in [0.717, 1.165) is 35.1 Å². The lowest BCUT2D eigenvalue weighted by molar-refractivity contribution is 0.218. The summed E-state index contributed by atoms with van der Waals surface area (Å²) in [5, 5.41) is 4.82. The average molecular weight is 324 g/mol. The third kappa shape index (κ3) is 4.03. The number of hydrogen-bond acceptors (Lipinski definition) is 3. The monoisotopic (exact) mass is 324 g/mol. The van der Waals surface area contributed by atoms with E-state index in [-0.39, 0.29) is 0 Å². The first-order valence-electron chi connectivity index (χ1n) is 7.64. The van der Waals surface area contributed by atoms with E-state index in [1.165, 1.54) is 5.56 Å². The van der Waals surface area contributed by atoms with Crippen molar-refractivity contribution >= 4 is 11.8 Å². The number of ether oxygens (including phenoxy) is 1. The molecule has 0 saturated carbocycles. The molecule has 0 bridgehead atoms. The van der Waals surface area contributed by atoms with E-state index in [9.17, 15) is 0 Å². The van der Waals surface area contributed by atoms with Crippen LogP contribution in [-0.2, 0) is 10.5 Å². The smallest absolute Gasteiger partial charge is 0.0967 e. The molecule has 118 valence electrons. The van der Waals surface area contributed by atoms with Gasteiger partial charge in [0.25, 0.3) is 0 Å². The van der Waals surface area contributed by atoms with Gasteiger partial charge in [-0.3, -0.25) is 0 Å². The molecule has 0 radical (unpaired) electrons.